The highest BCUT2D eigenvalue weighted by molar-refractivity contribution is 7.39. The van der Waals surface area contributed by atoms with Crippen LogP contribution in [0, 0.1) is 0 Å². The average Bonchev–Trinajstić information content (AvgIpc) is 1.10. The number of halogens is 6. The number of hydrogen-bond acceptors (Lipinski definition) is 24. The Morgan fingerprint density at radius 2 is 0.133 bits per heavy atom. The van der Waals surface area contributed by atoms with Gasteiger partial charge in [-0.25, -0.2) is 57.5 Å². The van der Waals surface area contributed by atoms with E-state index >= 15 is 0 Å². The van der Waals surface area contributed by atoms with Crippen molar-refractivity contribution in [3.63, 3.8) is 0 Å². The van der Waals surface area contributed by atoms with E-state index in [1.54, 1.807) is 338 Å². The summed E-state index contributed by atoms with van der Waals surface area (Å²) in [4.78, 5) is 249. The Labute approximate surface area is 719 Å². The zero-order valence-electron chi connectivity index (χ0n) is 79.9. The monoisotopic (exact) mass is 1900 g/mol. The maximum atomic E-state index is 10.7. The molecule has 0 unspecified atom stereocenters. The average molecular weight is 1900 g/mol. The van der Waals surface area contributed by atoms with E-state index in [1.165, 1.54) is 118 Å². The minimum absolute atomic E-state index is 0.0185. The van der Waals surface area contributed by atoms with Crippen LogP contribution in [0.4, 0.5) is 82.7 Å². The van der Waals surface area contributed by atoms with Gasteiger partial charge in [0.1, 0.15) is 0 Å². The second-order valence-corrected chi connectivity index (χ2v) is 29.2. The lowest BCUT2D eigenvalue weighted by molar-refractivity contribution is 0.190. The van der Waals surface area contributed by atoms with E-state index < -0.39 is 52.1 Å². The van der Waals surface area contributed by atoms with E-state index in [4.69, 9.17) is 58.7 Å². The molecule has 0 aromatic rings. The van der Waals surface area contributed by atoms with Gasteiger partial charge in [0.2, 0.25) is 0 Å². The number of carbonyl (C=O) groups is 12. The second kappa shape index (κ2) is 97.4. The fourth-order valence-corrected chi connectivity index (χ4v) is 4.80. The van der Waals surface area contributed by atoms with Gasteiger partial charge in [-0.2, -0.15) is 25.2 Å². The fourth-order valence-electron chi connectivity index (χ4n) is 4.80. The smallest absolute Gasteiger partial charge is 0.331 e. The number of carbonyl (C=O) groups excluding carboxylic acids is 12. The van der Waals surface area contributed by atoms with Crippen molar-refractivity contribution in [1.29, 1.82) is 0 Å². The van der Waals surface area contributed by atoms with Crippen LogP contribution in [-0.2, 0) is 0 Å². The van der Waals surface area contributed by atoms with Gasteiger partial charge in [-0.3, -0.25) is 0 Å². The molecule has 60 heteroatoms. The fraction of sp³-hybridized carbons (Fsp3) is 0.800. The van der Waals surface area contributed by atoms with Crippen LogP contribution in [0.25, 0.3) is 0 Å². The first-order valence-corrected chi connectivity index (χ1v) is 39.5. The van der Waals surface area contributed by atoms with E-state index in [2.05, 4.69) is 0 Å². The third-order valence-corrected chi connectivity index (χ3v) is 9.18. The molecule has 0 radical (unpaired) electrons. The molecule has 0 heterocycles. The van der Waals surface area contributed by atoms with E-state index in [-0.39, 0.29) is 72.4 Å². The summed E-state index contributed by atoms with van der Waals surface area (Å²) in [6, 6.07) is 0.222. The predicted octanol–water partition coefficient (Wildman–Crippen LogP) is 3.76. The molecule has 48 nitrogen and oxygen atoms in total. The van der Waals surface area contributed by atoms with Gasteiger partial charge in [0.25, 0.3) is 0 Å². The van der Waals surface area contributed by atoms with Gasteiger partial charge in [-0.05, 0) is 0 Å². The van der Waals surface area contributed by atoms with E-state index in [9.17, 15) is 82.7 Å². The molecule has 0 spiro atoms. The molecule has 0 bridgehead atoms. The van der Waals surface area contributed by atoms with E-state index in [1.807, 2.05) is 0 Å². The van der Waals surface area contributed by atoms with Crippen LogP contribution in [-0.4, -0.2) is 587 Å². The van der Waals surface area contributed by atoms with Crippen LogP contribution in [0.15, 0.2) is 0 Å². The minimum Gasteiger partial charge on any atom is -0.331 e. The Balaban J connectivity index is -0.0000000577. The standard InChI is InChI=1S/12C5H12N2O.6FH2O2P/c12*1-6(2)5(8)7(3)4;6*1-4(2)3/h12*1-4H3;6*2-3H. The molecule has 0 aliphatic heterocycles. The third-order valence-electron chi connectivity index (χ3n) is 9.18. The molecule has 120 heavy (non-hydrogen) atoms. The molecule has 0 aromatic heterocycles. The molecule has 0 aliphatic carbocycles. The van der Waals surface area contributed by atoms with Crippen molar-refractivity contribution < 1.29 is 141 Å². The number of nitrogens with zero attached hydrogens (tertiary/aromatic N) is 24. The van der Waals surface area contributed by atoms with Gasteiger partial charge >= 0.3 is 124 Å². The molecule has 0 rings (SSSR count). The van der Waals surface area contributed by atoms with Crippen LogP contribution in [0.2, 0.25) is 0 Å². The van der Waals surface area contributed by atoms with Gasteiger partial charge in [0, 0.05) is 338 Å². The zero-order chi connectivity index (χ0) is 102. The minimum atomic E-state index is -3.12. The van der Waals surface area contributed by atoms with E-state index in [0.717, 1.165) is 0 Å². The maximum Gasteiger partial charge on any atom is 0.369 e. The summed E-state index contributed by atoms with van der Waals surface area (Å²) in [5, 5.41) is 0. The number of urea groups is 12. The van der Waals surface area contributed by atoms with Crippen molar-refractivity contribution in [1.82, 2.24) is 118 Å². The number of hydrogen-bond donors (Lipinski definition) is 12. The first kappa shape index (κ1) is 157. The van der Waals surface area contributed by atoms with Crippen molar-refractivity contribution in [3.8, 4) is 0 Å². The van der Waals surface area contributed by atoms with Crippen LogP contribution in [0.3, 0.4) is 0 Å². The summed E-state index contributed by atoms with van der Waals surface area (Å²) in [6.45, 7) is 0. The lowest BCUT2D eigenvalue weighted by Crippen LogP contribution is -2.33. The van der Waals surface area contributed by atoms with Gasteiger partial charge in [-0.1, -0.05) is 0 Å². The van der Waals surface area contributed by atoms with Crippen molar-refractivity contribution in [2.24, 2.45) is 0 Å². The summed E-state index contributed by atoms with van der Waals surface area (Å²) in [5.41, 5.74) is 0. The van der Waals surface area contributed by atoms with Gasteiger partial charge in [-0.15, -0.1) is 0 Å². The van der Waals surface area contributed by atoms with Crippen molar-refractivity contribution >= 4 is 124 Å². The molecular weight excluding hydrogens is 1740 g/mol. The van der Waals surface area contributed by atoms with Crippen LogP contribution in [0.5, 0.6) is 0 Å². The normalized spacial score (nSPS) is 8.60. The Morgan fingerprint density at radius 3 is 0.133 bits per heavy atom. The summed E-state index contributed by atoms with van der Waals surface area (Å²) in [6.07, 6.45) is 0. The molecule has 12 N–H and O–H groups in total. The Morgan fingerprint density at radius 1 is 0.117 bits per heavy atom. The lowest BCUT2D eigenvalue weighted by Gasteiger charge is -2.16. The Kier molecular flexibility index (Phi) is 127. The molecule has 0 fully saturated rings. The Bertz CT molecular complexity index is 1790. The van der Waals surface area contributed by atoms with Crippen molar-refractivity contribution in [2.75, 3.05) is 338 Å². The van der Waals surface area contributed by atoms with E-state index in [0.29, 0.717) is 0 Å². The highest BCUT2D eigenvalue weighted by Gasteiger charge is 2.10. The molecule has 0 aliphatic rings. The number of rotatable bonds is 0. The summed E-state index contributed by atoms with van der Waals surface area (Å²) in [7, 11) is 64.1. The summed E-state index contributed by atoms with van der Waals surface area (Å²) >= 11 is 0. The van der Waals surface area contributed by atoms with Crippen LogP contribution >= 0.6 is 52.1 Å². The van der Waals surface area contributed by atoms with Crippen LogP contribution in [0.1, 0.15) is 0 Å². The molecule has 0 saturated heterocycles. The molecule has 732 valence electrons. The molecular formula is C60H156F6N24O24P6. The highest BCUT2D eigenvalue weighted by Crippen LogP contribution is 2.24. The van der Waals surface area contributed by atoms with Crippen LogP contribution < -0.4 is 0 Å². The summed E-state index contributed by atoms with van der Waals surface area (Å²) < 4.78 is 61.1. The second-order valence-electron chi connectivity index (χ2n) is 26.3. The lowest BCUT2D eigenvalue weighted by atomic mass is 10.7. The number of amides is 24. The zero-order valence-corrected chi connectivity index (χ0v) is 85.3. The quantitative estimate of drug-likeness (QED) is 0.121. The molecule has 24 amide bonds. The predicted molar refractivity (Wildman–Crippen MR) is 468 cm³/mol. The van der Waals surface area contributed by atoms with Gasteiger partial charge in [0.15, 0.2) is 0 Å². The molecule has 0 saturated carbocycles. The maximum absolute atomic E-state index is 10.7. The van der Waals surface area contributed by atoms with Crippen molar-refractivity contribution in [3.05, 3.63) is 0 Å². The SMILES string of the molecule is CN(C)C(=O)N(C)C.CN(C)C(=O)N(C)C.CN(C)C(=O)N(C)C.CN(C)C(=O)N(C)C.CN(C)C(=O)N(C)C.CN(C)C(=O)N(C)C.CN(C)C(=O)N(C)C.CN(C)C(=O)N(C)C.CN(C)C(=O)N(C)C.CN(C)C(=O)N(C)C.CN(C)C(=O)N(C)C.CN(C)C(=O)N(C)C.OP(O)F.OP(O)F.OP(O)F.OP(O)F.OP(O)F.OP(O)F. The summed E-state index contributed by atoms with van der Waals surface area (Å²) in [5.74, 6) is 0. The Hall–Kier alpha value is -7.08. The van der Waals surface area contributed by atoms with Gasteiger partial charge < -0.3 is 176 Å². The third kappa shape index (κ3) is 169. The topological polar surface area (TPSA) is 525 Å². The first-order chi connectivity index (χ1) is 53.0. The molecule has 0 aromatic carbocycles. The molecule has 0 atom stereocenters. The van der Waals surface area contributed by atoms with Crippen molar-refractivity contribution in [2.45, 2.75) is 0 Å². The largest absolute Gasteiger partial charge is 0.369 e. The first-order valence-electron chi connectivity index (χ1n) is 32.7. The van der Waals surface area contributed by atoms with Gasteiger partial charge in [0.05, 0.1) is 0 Å². The highest BCUT2D eigenvalue weighted by atomic mass is 31.2.